The third kappa shape index (κ3) is 2.10. The molecular weight excluding hydrogens is 119 g/mol. The minimum atomic E-state index is 0. The van der Waals surface area contributed by atoms with Crippen LogP contribution >= 0.6 is 0 Å². The average molecular weight is 130 g/mol. The summed E-state index contributed by atoms with van der Waals surface area (Å²) in [6, 6.07) is 5.56. The quantitative estimate of drug-likeness (QED) is 0.452. The first-order valence-electron chi connectivity index (χ1n) is 2.96. The molecule has 0 heterocycles. The second-order valence-corrected chi connectivity index (χ2v) is 2.29. The molecule has 1 aromatic rings. The molecule has 0 aliphatic rings. The van der Waals surface area contributed by atoms with Crippen LogP contribution < -0.4 is 18.9 Å². The molecule has 0 aliphatic carbocycles. The first-order valence-corrected chi connectivity index (χ1v) is 2.96. The zero-order valence-electron chi connectivity index (χ0n) is 7.68. The Balaban J connectivity index is 0. The van der Waals surface area contributed by atoms with E-state index in [0.29, 0.717) is 5.75 Å². The first-order chi connectivity index (χ1) is 4.20. The van der Waals surface area contributed by atoms with Gasteiger partial charge in [-0.05, 0) is 25.5 Å². The van der Waals surface area contributed by atoms with Gasteiger partial charge >= 0.3 is 18.9 Å². The summed E-state index contributed by atoms with van der Waals surface area (Å²) in [6.07, 6.45) is 0. The summed E-state index contributed by atoms with van der Waals surface area (Å²) in [6.45, 7) is 3.90. The molecular formula is C8H11LiO. The van der Waals surface area contributed by atoms with E-state index < -0.39 is 0 Å². The fourth-order valence-corrected chi connectivity index (χ4v) is 0.805. The van der Waals surface area contributed by atoms with Gasteiger partial charge in [0.2, 0.25) is 0 Å². The van der Waals surface area contributed by atoms with E-state index >= 15 is 0 Å². The van der Waals surface area contributed by atoms with Crippen LogP contribution in [0.4, 0.5) is 0 Å². The van der Waals surface area contributed by atoms with E-state index in [-0.39, 0.29) is 20.3 Å². The minimum Gasteiger partial charge on any atom is -1.00 e. The van der Waals surface area contributed by atoms with Gasteiger partial charge < -0.3 is 6.53 Å². The summed E-state index contributed by atoms with van der Waals surface area (Å²) in [7, 11) is 0. The maximum Gasteiger partial charge on any atom is 1.00 e. The van der Waals surface area contributed by atoms with Crippen molar-refractivity contribution < 1.29 is 25.4 Å². The SMILES string of the molecule is Cc1ccc(O)c(C)c1.[H-].[Li+]. The van der Waals surface area contributed by atoms with Crippen LogP contribution in [0.5, 0.6) is 5.75 Å². The molecule has 0 amide bonds. The largest absolute Gasteiger partial charge is 1.00 e. The van der Waals surface area contributed by atoms with Crippen LogP contribution in [0.3, 0.4) is 0 Å². The van der Waals surface area contributed by atoms with Crippen molar-refractivity contribution in [1.29, 1.82) is 0 Å². The Bertz CT molecular complexity index is 225. The van der Waals surface area contributed by atoms with Crippen LogP contribution in [0.1, 0.15) is 12.6 Å². The molecule has 1 aromatic carbocycles. The minimum absolute atomic E-state index is 0. The average Bonchev–Trinajstić information content (AvgIpc) is 1.80. The maximum absolute atomic E-state index is 9.04. The molecule has 10 heavy (non-hydrogen) atoms. The van der Waals surface area contributed by atoms with E-state index in [9.17, 15) is 0 Å². The molecule has 1 nitrogen and oxygen atoms in total. The monoisotopic (exact) mass is 130 g/mol. The normalized spacial score (nSPS) is 8.60. The number of hydrogen-bond acceptors (Lipinski definition) is 1. The molecule has 0 unspecified atom stereocenters. The Morgan fingerprint density at radius 1 is 1.30 bits per heavy atom. The van der Waals surface area contributed by atoms with Gasteiger partial charge in [-0.15, -0.1) is 0 Å². The van der Waals surface area contributed by atoms with Gasteiger partial charge in [0, 0.05) is 0 Å². The zero-order valence-corrected chi connectivity index (χ0v) is 6.68. The fraction of sp³-hybridized carbons (Fsp3) is 0.250. The van der Waals surface area contributed by atoms with Gasteiger partial charge in [-0.2, -0.15) is 0 Å². The van der Waals surface area contributed by atoms with Crippen LogP contribution in [0.25, 0.3) is 0 Å². The Morgan fingerprint density at radius 2 is 1.90 bits per heavy atom. The summed E-state index contributed by atoms with van der Waals surface area (Å²) in [4.78, 5) is 0. The molecule has 0 bridgehead atoms. The van der Waals surface area contributed by atoms with E-state index in [0.717, 1.165) is 5.56 Å². The van der Waals surface area contributed by atoms with E-state index in [2.05, 4.69) is 0 Å². The molecule has 0 aliphatic heterocycles. The summed E-state index contributed by atoms with van der Waals surface area (Å²) < 4.78 is 0. The van der Waals surface area contributed by atoms with Gasteiger partial charge in [-0.1, -0.05) is 17.7 Å². The van der Waals surface area contributed by atoms with Gasteiger partial charge in [0.1, 0.15) is 5.75 Å². The molecule has 0 saturated heterocycles. The first kappa shape index (κ1) is 9.62. The molecule has 0 saturated carbocycles. The van der Waals surface area contributed by atoms with Crippen molar-refractivity contribution >= 4 is 0 Å². The molecule has 2 heteroatoms. The van der Waals surface area contributed by atoms with Crippen LogP contribution in [0, 0.1) is 13.8 Å². The van der Waals surface area contributed by atoms with Gasteiger partial charge in [0.05, 0.1) is 0 Å². The summed E-state index contributed by atoms with van der Waals surface area (Å²) in [5.74, 6) is 0.376. The van der Waals surface area contributed by atoms with Crippen molar-refractivity contribution in [1.82, 2.24) is 0 Å². The summed E-state index contributed by atoms with van der Waals surface area (Å²) >= 11 is 0. The van der Waals surface area contributed by atoms with Crippen molar-refractivity contribution in [2.45, 2.75) is 13.8 Å². The molecule has 0 radical (unpaired) electrons. The standard InChI is InChI=1S/C8H10O.Li.H/c1-6-3-4-8(9)7(2)5-6;;/h3-5,9H,1-2H3;;/q;+1;-1. The Morgan fingerprint density at radius 3 is 2.30 bits per heavy atom. The number of aromatic hydroxyl groups is 1. The van der Waals surface area contributed by atoms with Crippen LogP contribution in [0.2, 0.25) is 0 Å². The number of phenols is 1. The topological polar surface area (TPSA) is 20.2 Å². The number of rotatable bonds is 0. The second kappa shape index (κ2) is 3.70. The number of aryl methyl sites for hydroxylation is 2. The second-order valence-electron chi connectivity index (χ2n) is 2.29. The van der Waals surface area contributed by atoms with Crippen molar-refractivity contribution in [2.24, 2.45) is 0 Å². The summed E-state index contributed by atoms with van der Waals surface area (Å²) in [5.41, 5.74) is 2.13. The van der Waals surface area contributed by atoms with Gasteiger partial charge in [-0.3, -0.25) is 0 Å². The van der Waals surface area contributed by atoms with Crippen LogP contribution in [0.15, 0.2) is 18.2 Å². The van der Waals surface area contributed by atoms with Gasteiger partial charge in [0.15, 0.2) is 0 Å². The summed E-state index contributed by atoms with van der Waals surface area (Å²) in [5, 5.41) is 9.04. The molecule has 0 spiro atoms. The van der Waals surface area contributed by atoms with E-state index in [1.807, 2.05) is 26.0 Å². The van der Waals surface area contributed by atoms with Crippen molar-refractivity contribution in [3.63, 3.8) is 0 Å². The van der Waals surface area contributed by atoms with E-state index in [1.165, 1.54) is 5.56 Å². The van der Waals surface area contributed by atoms with Crippen molar-refractivity contribution in [2.75, 3.05) is 0 Å². The smallest absolute Gasteiger partial charge is 1.00 e. The zero-order chi connectivity index (χ0) is 6.85. The maximum atomic E-state index is 9.04. The van der Waals surface area contributed by atoms with Crippen molar-refractivity contribution in [3.05, 3.63) is 29.3 Å². The Hall–Kier alpha value is -0.383. The number of hydrogen-bond donors (Lipinski definition) is 1. The number of benzene rings is 1. The molecule has 1 N–H and O–H groups in total. The van der Waals surface area contributed by atoms with Crippen molar-refractivity contribution in [3.8, 4) is 5.75 Å². The number of phenolic OH excluding ortho intramolecular Hbond substituents is 1. The van der Waals surface area contributed by atoms with E-state index in [4.69, 9.17) is 5.11 Å². The Kier molecular flexibility index (Phi) is 3.56. The molecule has 0 fully saturated rings. The molecule has 0 aromatic heterocycles. The Labute approximate surface area is 74.7 Å². The molecule has 1 rings (SSSR count). The fourth-order valence-electron chi connectivity index (χ4n) is 0.805. The van der Waals surface area contributed by atoms with Gasteiger partial charge in [0.25, 0.3) is 0 Å². The third-order valence-corrected chi connectivity index (χ3v) is 1.35. The van der Waals surface area contributed by atoms with Gasteiger partial charge in [-0.25, -0.2) is 0 Å². The molecule has 0 atom stereocenters. The van der Waals surface area contributed by atoms with Crippen LogP contribution in [-0.4, -0.2) is 5.11 Å². The van der Waals surface area contributed by atoms with Crippen LogP contribution in [-0.2, 0) is 0 Å². The molecule has 50 valence electrons. The predicted molar refractivity (Wildman–Crippen MR) is 38.7 cm³/mol. The predicted octanol–water partition coefficient (Wildman–Crippen LogP) is -0.874. The van der Waals surface area contributed by atoms with E-state index in [1.54, 1.807) is 6.07 Å². The third-order valence-electron chi connectivity index (χ3n) is 1.35.